The Kier molecular flexibility index (Phi) is 4.04. The Hall–Kier alpha value is 0.420. The van der Waals surface area contributed by atoms with E-state index in [-0.39, 0.29) is 0 Å². The second-order valence-electron chi connectivity index (χ2n) is 1.97. The molecule has 0 aromatic heterocycles. The van der Waals surface area contributed by atoms with Crippen LogP contribution in [0.25, 0.3) is 0 Å². The first kappa shape index (κ1) is 11.4. The fraction of sp³-hybridized carbons (Fsp3) is 1.00. The highest BCUT2D eigenvalue weighted by molar-refractivity contribution is 7.99. The van der Waals surface area contributed by atoms with Gasteiger partial charge in [-0.3, -0.25) is 20.6 Å². The molecule has 0 aromatic rings. The summed E-state index contributed by atoms with van der Waals surface area (Å²) in [6, 6.07) is 0. The van der Waals surface area contributed by atoms with Crippen LogP contribution in [0.1, 0.15) is 0 Å². The van der Waals surface area contributed by atoms with Gasteiger partial charge in [0, 0.05) is 13.8 Å². The SMILES string of the molecule is CO[P@](C)(=O)OC(N)(N)SC. The monoisotopic (exact) mass is 200 g/mol. The van der Waals surface area contributed by atoms with Gasteiger partial charge in [0.2, 0.25) is 5.18 Å². The van der Waals surface area contributed by atoms with Crippen molar-refractivity contribution < 1.29 is 13.6 Å². The van der Waals surface area contributed by atoms with Crippen molar-refractivity contribution in [1.82, 2.24) is 0 Å². The third kappa shape index (κ3) is 4.79. The molecule has 0 saturated heterocycles. The van der Waals surface area contributed by atoms with Gasteiger partial charge in [-0.25, -0.2) is 0 Å². The maximum atomic E-state index is 11.1. The van der Waals surface area contributed by atoms with E-state index in [1.807, 2.05) is 0 Å². The van der Waals surface area contributed by atoms with Crippen LogP contribution in [0.15, 0.2) is 0 Å². The number of thioether (sulfide) groups is 1. The zero-order chi connectivity index (χ0) is 9.12. The van der Waals surface area contributed by atoms with E-state index in [0.717, 1.165) is 11.8 Å². The maximum absolute atomic E-state index is 11.1. The van der Waals surface area contributed by atoms with Crippen LogP contribution in [0.2, 0.25) is 0 Å². The lowest BCUT2D eigenvalue weighted by atomic mass is 11.1. The highest BCUT2D eigenvalue weighted by Crippen LogP contribution is 2.46. The van der Waals surface area contributed by atoms with Crippen molar-refractivity contribution in [3.8, 4) is 0 Å². The molecule has 5 nitrogen and oxygen atoms in total. The van der Waals surface area contributed by atoms with Crippen molar-refractivity contribution in [2.24, 2.45) is 11.5 Å². The van der Waals surface area contributed by atoms with Gasteiger partial charge in [-0.2, -0.15) is 0 Å². The summed E-state index contributed by atoms with van der Waals surface area (Å²) in [5.41, 5.74) is 10.7. The lowest BCUT2D eigenvalue weighted by Gasteiger charge is -2.24. The summed E-state index contributed by atoms with van der Waals surface area (Å²) in [6.07, 6.45) is 1.65. The van der Waals surface area contributed by atoms with Crippen LogP contribution in [0.4, 0.5) is 0 Å². The van der Waals surface area contributed by atoms with E-state index in [1.54, 1.807) is 6.26 Å². The average molecular weight is 200 g/mol. The van der Waals surface area contributed by atoms with Gasteiger partial charge in [-0.15, -0.1) is 0 Å². The molecular weight excluding hydrogens is 187 g/mol. The summed E-state index contributed by atoms with van der Waals surface area (Å²) in [6.45, 7) is 1.30. The van der Waals surface area contributed by atoms with Crippen molar-refractivity contribution >= 4 is 19.4 Å². The lowest BCUT2D eigenvalue weighted by molar-refractivity contribution is 0.147. The van der Waals surface area contributed by atoms with Crippen LogP contribution < -0.4 is 11.5 Å². The summed E-state index contributed by atoms with van der Waals surface area (Å²) in [5, 5.41) is -1.44. The summed E-state index contributed by atoms with van der Waals surface area (Å²) in [5.74, 6) is 0. The van der Waals surface area contributed by atoms with Crippen LogP contribution >= 0.6 is 19.4 Å². The first-order valence-electron chi connectivity index (χ1n) is 2.80. The van der Waals surface area contributed by atoms with Crippen LogP contribution in [-0.4, -0.2) is 25.2 Å². The molecular formula is C4H13N2O3PS. The highest BCUT2D eigenvalue weighted by atomic mass is 32.2. The van der Waals surface area contributed by atoms with E-state index in [0.29, 0.717) is 0 Å². The van der Waals surface area contributed by atoms with E-state index in [2.05, 4.69) is 4.52 Å². The van der Waals surface area contributed by atoms with E-state index < -0.39 is 12.8 Å². The fourth-order valence-electron chi connectivity index (χ4n) is 0.334. The van der Waals surface area contributed by atoms with Crippen molar-refractivity contribution in [1.29, 1.82) is 0 Å². The van der Waals surface area contributed by atoms with E-state index in [4.69, 9.17) is 16.0 Å². The predicted molar refractivity (Wildman–Crippen MR) is 46.2 cm³/mol. The molecule has 0 heterocycles. The zero-order valence-corrected chi connectivity index (χ0v) is 8.45. The molecule has 0 amide bonds. The molecule has 7 heteroatoms. The minimum absolute atomic E-state index is 1.05. The second-order valence-corrected chi connectivity index (χ2v) is 5.11. The van der Waals surface area contributed by atoms with Gasteiger partial charge in [0.1, 0.15) is 0 Å². The summed E-state index contributed by atoms with van der Waals surface area (Å²) >= 11 is 1.05. The van der Waals surface area contributed by atoms with Crippen LogP contribution in [0.3, 0.4) is 0 Å². The van der Waals surface area contributed by atoms with E-state index in [9.17, 15) is 4.57 Å². The molecule has 0 rings (SSSR count). The summed E-state index contributed by atoms with van der Waals surface area (Å²) in [7, 11) is -1.81. The molecule has 0 saturated carbocycles. The number of rotatable bonds is 4. The molecule has 0 fully saturated rings. The van der Waals surface area contributed by atoms with Crippen molar-refractivity contribution in [2.45, 2.75) is 5.18 Å². The second kappa shape index (κ2) is 3.89. The lowest BCUT2D eigenvalue weighted by Crippen LogP contribution is -2.47. The molecule has 68 valence electrons. The fourth-order valence-corrected chi connectivity index (χ4v) is 1.63. The molecule has 0 bridgehead atoms. The predicted octanol–water partition coefficient (Wildman–Crippen LogP) is 0.364. The minimum atomic E-state index is -3.08. The minimum Gasteiger partial charge on any atom is -0.312 e. The molecule has 4 N–H and O–H groups in total. The normalized spacial score (nSPS) is 17.9. The number of hydrogen-bond acceptors (Lipinski definition) is 6. The molecule has 0 aliphatic carbocycles. The van der Waals surface area contributed by atoms with Crippen LogP contribution in [0, 0.1) is 0 Å². The van der Waals surface area contributed by atoms with Gasteiger partial charge in [0.25, 0.3) is 0 Å². The van der Waals surface area contributed by atoms with E-state index >= 15 is 0 Å². The third-order valence-electron chi connectivity index (χ3n) is 0.959. The molecule has 0 aliphatic heterocycles. The topological polar surface area (TPSA) is 87.6 Å². The van der Waals surface area contributed by atoms with Crippen molar-refractivity contribution in [2.75, 3.05) is 20.0 Å². The number of nitrogens with two attached hydrogens (primary N) is 2. The quantitative estimate of drug-likeness (QED) is 0.503. The van der Waals surface area contributed by atoms with Gasteiger partial charge < -0.3 is 4.52 Å². The molecule has 0 aromatic carbocycles. The first-order chi connectivity index (χ1) is 4.83. The third-order valence-corrected chi connectivity index (χ3v) is 3.10. The van der Waals surface area contributed by atoms with Crippen molar-refractivity contribution in [3.05, 3.63) is 0 Å². The first-order valence-corrected chi connectivity index (χ1v) is 6.01. The summed E-state index contributed by atoms with van der Waals surface area (Å²) in [4.78, 5) is 0. The Morgan fingerprint density at radius 1 is 1.55 bits per heavy atom. The van der Waals surface area contributed by atoms with Crippen LogP contribution in [-0.2, 0) is 13.6 Å². The van der Waals surface area contributed by atoms with Crippen LogP contribution in [0.5, 0.6) is 0 Å². The van der Waals surface area contributed by atoms with Gasteiger partial charge in [0.15, 0.2) is 0 Å². The Bertz CT molecular complexity index is 175. The Morgan fingerprint density at radius 2 is 2.00 bits per heavy atom. The number of hydrogen-bond donors (Lipinski definition) is 2. The summed E-state index contributed by atoms with van der Waals surface area (Å²) < 4.78 is 20.5. The smallest absolute Gasteiger partial charge is 0.312 e. The molecule has 0 spiro atoms. The van der Waals surface area contributed by atoms with Gasteiger partial charge in [-0.1, -0.05) is 11.8 Å². The van der Waals surface area contributed by atoms with Crippen molar-refractivity contribution in [3.63, 3.8) is 0 Å². The molecule has 0 unspecified atom stereocenters. The van der Waals surface area contributed by atoms with E-state index in [1.165, 1.54) is 13.8 Å². The van der Waals surface area contributed by atoms with Gasteiger partial charge in [-0.05, 0) is 6.26 Å². The van der Waals surface area contributed by atoms with Gasteiger partial charge >= 0.3 is 7.60 Å². The van der Waals surface area contributed by atoms with Gasteiger partial charge in [0.05, 0.1) is 0 Å². The largest absolute Gasteiger partial charge is 0.330 e. The average Bonchev–Trinajstić information content (AvgIpc) is 1.86. The Morgan fingerprint density at radius 3 is 2.27 bits per heavy atom. The Labute approximate surface area is 70.3 Å². The standard InChI is InChI=1S/C4H13N2O3PS/c1-8-10(2,7)9-4(5,6)11-3/h5-6H2,1-3H3/t10-/m0/s1. The Balaban J connectivity index is 4.14. The zero-order valence-electron chi connectivity index (χ0n) is 6.73. The molecule has 0 radical (unpaired) electrons. The molecule has 1 atom stereocenters. The highest BCUT2D eigenvalue weighted by Gasteiger charge is 2.28. The molecule has 11 heavy (non-hydrogen) atoms. The molecule has 0 aliphatic rings. The maximum Gasteiger partial charge on any atom is 0.330 e.